The molecule has 132 valence electrons. The summed E-state index contributed by atoms with van der Waals surface area (Å²) in [5.74, 6) is 0.622. The van der Waals surface area contributed by atoms with Crippen LogP contribution in [0.15, 0.2) is 40.0 Å². The zero-order chi connectivity index (χ0) is 17.5. The van der Waals surface area contributed by atoms with Crippen LogP contribution >= 0.6 is 0 Å². The quantitative estimate of drug-likeness (QED) is 0.635. The van der Waals surface area contributed by atoms with Gasteiger partial charge in [-0.25, -0.2) is 0 Å². The van der Waals surface area contributed by atoms with Crippen molar-refractivity contribution in [2.75, 3.05) is 43.1 Å². The maximum atomic E-state index is 11.6. The number of morpholine rings is 1. The van der Waals surface area contributed by atoms with E-state index in [4.69, 9.17) is 14.1 Å². The van der Waals surface area contributed by atoms with Crippen molar-refractivity contribution in [3.63, 3.8) is 0 Å². The third-order valence-corrected chi connectivity index (χ3v) is 3.64. The fraction of sp³-hybridized carbons (Fsp3) is 0.353. The molecule has 1 amide bonds. The van der Waals surface area contributed by atoms with Crippen LogP contribution in [0.5, 0.6) is 0 Å². The number of nitrogens with one attached hydrogen (secondary N) is 1. The lowest BCUT2D eigenvalue weighted by Crippen LogP contribution is -2.36. The van der Waals surface area contributed by atoms with Crippen LogP contribution in [0.25, 0.3) is 0 Å². The number of anilines is 2. The molecular weight excluding hydrogens is 324 g/mol. The van der Waals surface area contributed by atoms with Crippen LogP contribution in [0.2, 0.25) is 0 Å². The number of aromatic nitrogens is 1. The SMILES string of the molecule is Cc1cc(NC(=O)CON=Cc2ccc(N3CCOCC3)cc2)no1. The van der Waals surface area contributed by atoms with Gasteiger partial charge in [0.2, 0.25) is 0 Å². The van der Waals surface area contributed by atoms with E-state index >= 15 is 0 Å². The molecule has 8 nitrogen and oxygen atoms in total. The first kappa shape index (κ1) is 17.0. The van der Waals surface area contributed by atoms with E-state index in [0.717, 1.165) is 37.6 Å². The van der Waals surface area contributed by atoms with Gasteiger partial charge in [-0.15, -0.1) is 0 Å². The molecule has 25 heavy (non-hydrogen) atoms. The van der Waals surface area contributed by atoms with E-state index in [2.05, 4.69) is 20.5 Å². The van der Waals surface area contributed by atoms with E-state index in [1.54, 1.807) is 19.2 Å². The van der Waals surface area contributed by atoms with E-state index in [1.807, 2.05) is 24.3 Å². The molecule has 0 aliphatic carbocycles. The van der Waals surface area contributed by atoms with Gasteiger partial charge < -0.3 is 24.3 Å². The average Bonchev–Trinajstić information content (AvgIpc) is 3.05. The molecule has 0 saturated carbocycles. The highest BCUT2D eigenvalue weighted by Crippen LogP contribution is 2.16. The maximum Gasteiger partial charge on any atom is 0.266 e. The zero-order valence-corrected chi connectivity index (χ0v) is 14.0. The minimum Gasteiger partial charge on any atom is -0.386 e. The normalized spacial score (nSPS) is 14.7. The highest BCUT2D eigenvalue weighted by atomic mass is 16.6. The summed E-state index contributed by atoms with van der Waals surface area (Å²) < 4.78 is 10.2. The third kappa shape index (κ3) is 5.05. The minimum atomic E-state index is -0.354. The summed E-state index contributed by atoms with van der Waals surface area (Å²) in [5, 5.41) is 10.0. The summed E-state index contributed by atoms with van der Waals surface area (Å²) in [6.07, 6.45) is 1.57. The summed E-state index contributed by atoms with van der Waals surface area (Å²) in [4.78, 5) is 18.9. The van der Waals surface area contributed by atoms with Gasteiger partial charge in [0.05, 0.1) is 19.4 Å². The Kier molecular flexibility index (Phi) is 5.63. The molecule has 0 unspecified atom stereocenters. The topological polar surface area (TPSA) is 89.2 Å². The molecule has 0 bridgehead atoms. The molecule has 8 heteroatoms. The Hall–Kier alpha value is -2.87. The second kappa shape index (κ2) is 8.29. The lowest BCUT2D eigenvalue weighted by atomic mass is 10.2. The molecule has 1 saturated heterocycles. The van der Waals surface area contributed by atoms with E-state index in [9.17, 15) is 4.79 Å². The van der Waals surface area contributed by atoms with Crippen LogP contribution in [-0.4, -0.2) is 50.2 Å². The van der Waals surface area contributed by atoms with Crippen LogP contribution in [0.3, 0.4) is 0 Å². The summed E-state index contributed by atoms with van der Waals surface area (Å²) in [5.41, 5.74) is 2.05. The van der Waals surface area contributed by atoms with Crippen molar-refractivity contribution in [3.05, 3.63) is 41.7 Å². The van der Waals surface area contributed by atoms with Crippen LogP contribution < -0.4 is 10.2 Å². The van der Waals surface area contributed by atoms with Gasteiger partial charge in [0.15, 0.2) is 12.4 Å². The number of carbonyl (C=O) groups is 1. The third-order valence-electron chi connectivity index (χ3n) is 3.64. The molecule has 0 spiro atoms. The Balaban J connectivity index is 1.43. The van der Waals surface area contributed by atoms with Crippen LogP contribution in [0.1, 0.15) is 11.3 Å². The van der Waals surface area contributed by atoms with E-state index in [1.165, 1.54) is 0 Å². The second-order valence-corrected chi connectivity index (χ2v) is 5.57. The number of aryl methyl sites for hydroxylation is 1. The molecule has 1 aliphatic rings. The van der Waals surface area contributed by atoms with Gasteiger partial charge in [-0.1, -0.05) is 22.4 Å². The number of ether oxygens (including phenoxy) is 1. The minimum absolute atomic E-state index is 0.200. The Bertz CT molecular complexity index is 721. The van der Waals surface area contributed by atoms with Gasteiger partial charge in [-0.05, 0) is 24.6 Å². The lowest BCUT2D eigenvalue weighted by Gasteiger charge is -2.28. The molecule has 1 aromatic carbocycles. The van der Waals surface area contributed by atoms with Crippen LogP contribution in [0.4, 0.5) is 11.5 Å². The van der Waals surface area contributed by atoms with Gasteiger partial charge in [0.1, 0.15) is 5.76 Å². The van der Waals surface area contributed by atoms with Crippen LogP contribution in [-0.2, 0) is 14.4 Å². The number of benzene rings is 1. The Morgan fingerprint density at radius 2 is 2.12 bits per heavy atom. The summed E-state index contributed by atoms with van der Waals surface area (Å²) in [6, 6.07) is 9.60. The Labute approximate surface area is 145 Å². The lowest BCUT2D eigenvalue weighted by molar-refractivity contribution is -0.120. The largest absolute Gasteiger partial charge is 0.386 e. The first-order valence-electron chi connectivity index (χ1n) is 8.02. The molecule has 2 aromatic rings. The second-order valence-electron chi connectivity index (χ2n) is 5.57. The van der Waals surface area contributed by atoms with Gasteiger partial charge in [-0.2, -0.15) is 0 Å². The summed E-state index contributed by atoms with van der Waals surface area (Å²) in [6.45, 7) is 4.86. The van der Waals surface area contributed by atoms with Crippen molar-refractivity contribution in [3.8, 4) is 0 Å². The highest BCUT2D eigenvalue weighted by molar-refractivity contribution is 5.90. The van der Waals surface area contributed by atoms with Gasteiger partial charge in [0.25, 0.3) is 5.91 Å². The maximum absolute atomic E-state index is 11.6. The summed E-state index contributed by atoms with van der Waals surface area (Å²) in [7, 11) is 0. The molecule has 0 radical (unpaired) electrons. The molecule has 1 aromatic heterocycles. The standard InChI is InChI=1S/C17H20N4O4/c1-13-10-16(20-25-13)19-17(22)12-24-18-11-14-2-4-15(5-3-14)21-6-8-23-9-7-21/h2-5,10-11H,6-9,12H2,1H3,(H,19,20,22). The van der Waals surface area contributed by atoms with Crippen molar-refractivity contribution in [2.24, 2.45) is 5.16 Å². The van der Waals surface area contributed by atoms with E-state index in [0.29, 0.717) is 11.6 Å². The zero-order valence-electron chi connectivity index (χ0n) is 14.0. The predicted octanol–water partition coefficient (Wildman–Crippen LogP) is 1.81. The van der Waals surface area contributed by atoms with Gasteiger partial charge in [-0.3, -0.25) is 4.79 Å². The number of oxime groups is 1. The summed E-state index contributed by atoms with van der Waals surface area (Å²) >= 11 is 0. The number of rotatable bonds is 6. The molecule has 1 N–H and O–H groups in total. The first-order chi connectivity index (χ1) is 12.2. The molecule has 1 fully saturated rings. The number of hydrogen-bond donors (Lipinski definition) is 1. The van der Waals surface area contributed by atoms with Crippen LogP contribution in [0, 0.1) is 6.92 Å². The van der Waals surface area contributed by atoms with Gasteiger partial charge >= 0.3 is 0 Å². The number of carbonyl (C=O) groups excluding carboxylic acids is 1. The van der Waals surface area contributed by atoms with E-state index < -0.39 is 0 Å². The molecule has 2 heterocycles. The molecule has 1 aliphatic heterocycles. The number of hydrogen-bond acceptors (Lipinski definition) is 7. The van der Waals surface area contributed by atoms with E-state index in [-0.39, 0.29) is 12.5 Å². The first-order valence-corrected chi connectivity index (χ1v) is 8.02. The molecular formula is C17H20N4O4. The number of nitrogens with zero attached hydrogens (tertiary/aromatic N) is 3. The van der Waals surface area contributed by atoms with Crippen molar-refractivity contribution < 1.29 is 18.9 Å². The number of amides is 1. The fourth-order valence-corrected chi connectivity index (χ4v) is 2.39. The monoisotopic (exact) mass is 344 g/mol. The molecule has 3 rings (SSSR count). The average molecular weight is 344 g/mol. The Morgan fingerprint density at radius 3 is 2.80 bits per heavy atom. The van der Waals surface area contributed by atoms with Crippen molar-refractivity contribution in [1.82, 2.24) is 5.16 Å². The molecule has 0 atom stereocenters. The highest BCUT2D eigenvalue weighted by Gasteiger charge is 2.10. The Morgan fingerprint density at radius 1 is 1.36 bits per heavy atom. The fourth-order valence-electron chi connectivity index (χ4n) is 2.39. The predicted molar refractivity (Wildman–Crippen MR) is 92.9 cm³/mol. The van der Waals surface area contributed by atoms with Crippen molar-refractivity contribution >= 4 is 23.6 Å². The van der Waals surface area contributed by atoms with Gasteiger partial charge in [0, 0.05) is 24.8 Å². The van der Waals surface area contributed by atoms with Crippen molar-refractivity contribution in [2.45, 2.75) is 6.92 Å². The smallest absolute Gasteiger partial charge is 0.266 e. The van der Waals surface area contributed by atoms with Crippen molar-refractivity contribution in [1.29, 1.82) is 0 Å².